The Balaban J connectivity index is 1.54. The van der Waals surface area contributed by atoms with Gasteiger partial charge in [-0.05, 0) is 61.1 Å². The van der Waals surface area contributed by atoms with Crippen LogP contribution < -0.4 is 5.32 Å². The lowest BCUT2D eigenvalue weighted by atomic mass is 10.2. The lowest BCUT2D eigenvalue weighted by Gasteiger charge is -2.21. The van der Waals surface area contributed by atoms with E-state index in [4.69, 9.17) is 12.2 Å². The highest BCUT2D eigenvalue weighted by molar-refractivity contribution is 7.89. The van der Waals surface area contributed by atoms with Crippen LogP contribution in [0.2, 0.25) is 0 Å². The summed E-state index contributed by atoms with van der Waals surface area (Å²) in [5, 5.41) is 11.7. The van der Waals surface area contributed by atoms with Gasteiger partial charge in [-0.3, -0.25) is 14.5 Å². The molecule has 0 spiro atoms. The number of rotatable bonds is 6. The summed E-state index contributed by atoms with van der Waals surface area (Å²) in [6.07, 6.45) is 3.83. The molecule has 1 amide bonds. The normalized spacial score (nSPS) is 15.4. The monoisotopic (exact) mass is 491 g/mol. The molecule has 1 aliphatic heterocycles. The fraction of sp³-hybridized carbons (Fsp3) is 0.381. The number of amides is 1. The van der Waals surface area contributed by atoms with Crippen LogP contribution in [0.4, 0.5) is 5.69 Å². The van der Waals surface area contributed by atoms with E-state index in [1.807, 2.05) is 17.5 Å². The predicted molar refractivity (Wildman–Crippen MR) is 128 cm³/mol. The number of aromatic amines is 1. The molecule has 0 bridgehead atoms. The zero-order valence-corrected chi connectivity index (χ0v) is 20.2. The molecule has 3 aromatic rings. The molecule has 1 saturated heterocycles. The molecule has 0 atom stereocenters. The smallest absolute Gasteiger partial charge is 0.244 e. The standard InChI is InChI=1S/C21H25N5O3S3/c1-15-8-9-16(13-18(15)32(28,29)25-10-4-2-3-5-11-25)22-19(27)14-26-20(23-24-21(26)30)17-7-6-12-31-17/h6-9,12-13H,2-5,10-11,14H2,1H3,(H,22,27)(H,24,30). The van der Waals surface area contributed by atoms with Crippen molar-refractivity contribution in [2.45, 2.75) is 44.0 Å². The maximum atomic E-state index is 13.3. The van der Waals surface area contributed by atoms with Crippen molar-refractivity contribution in [1.29, 1.82) is 0 Å². The van der Waals surface area contributed by atoms with E-state index < -0.39 is 10.0 Å². The van der Waals surface area contributed by atoms with Gasteiger partial charge in [-0.2, -0.15) is 9.40 Å². The SMILES string of the molecule is Cc1ccc(NC(=O)Cn2c(-c3cccs3)n[nH]c2=S)cc1S(=O)(=O)N1CCCCCC1. The Morgan fingerprint density at radius 1 is 1.22 bits per heavy atom. The van der Waals surface area contributed by atoms with Gasteiger partial charge in [-0.25, -0.2) is 8.42 Å². The second-order valence-corrected chi connectivity index (χ2v) is 11.0. The fourth-order valence-corrected chi connectivity index (χ4v) is 6.47. The van der Waals surface area contributed by atoms with E-state index >= 15 is 0 Å². The molecule has 1 aliphatic rings. The molecule has 32 heavy (non-hydrogen) atoms. The van der Waals surface area contributed by atoms with Crippen LogP contribution in [0.1, 0.15) is 31.2 Å². The Hall–Kier alpha value is -2.34. The highest BCUT2D eigenvalue weighted by Gasteiger charge is 2.27. The van der Waals surface area contributed by atoms with Gasteiger partial charge < -0.3 is 5.32 Å². The maximum Gasteiger partial charge on any atom is 0.244 e. The molecule has 1 aromatic carbocycles. The van der Waals surface area contributed by atoms with Crippen LogP contribution in [0, 0.1) is 11.7 Å². The second-order valence-electron chi connectivity index (χ2n) is 7.76. The number of thiophene rings is 1. The fourth-order valence-electron chi connectivity index (χ4n) is 3.78. The van der Waals surface area contributed by atoms with Gasteiger partial charge in [0.25, 0.3) is 0 Å². The van der Waals surface area contributed by atoms with Gasteiger partial charge in [0.2, 0.25) is 15.9 Å². The van der Waals surface area contributed by atoms with E-state index in [0.717, 1.165) is 30.6 Å². The third-order valence-corrected chi connectivity index (χ3v) is 8.67. The third kappa shape index (κ3) is 4.85. The van der Waals surface area contributed by atoms with Crippen LogP contribution in [-0.2, 0) is 21.4 Å². The van der Waals surface area contributed by atoms with Crippen molar-refractivity contribution >= 4 is 45.2 Å². The van der Waals surface area contributed by atoms with Crippen LogP contribution in [0.15, 0.2) is 40.6 Å². The number of nitrogens with zero attached hydrogens (tertiary/aromatic N) is 3. The molecule has 11 heteroatoms. The van der Waals surface area contributed by atoms with Crippen molar-refractivity contribution in [2.24, 2.45) is 0 Å². The molecule has 2 aromatic heterocycles. The number of carbonyl (C=O) groups excluding carboxylic acids is 1. The summed E-state index contributed by atoms with van der Waals surface area (Å²) >= 11 is 6.79. The van der Waals surface area contributed by atoms with E-state index in [-0.39, 0.29) is 17.3 Å². The second kappa shape index (κ2) is 9.65. The number of carbonyl (C=O) groups is 1. The van der Waals surface area contributed by atoms with Gasteiger partial charge in [0.1, 0.15) is 6.54 Å². The van der Waals surface area contributed by atoms with Gasteiger partial charge in [0.05, 0.1) is 9.77 Å². The highest BCUT2D eigenvalue weighted by atomic mass is 32.2. The van der Waals surface area contributed by atoms with Gasteiger partial charge in [-0.1, -0.05) is 25.0 Å². The lowest BCUT2D eigenvalue weighted by molar-refractivity contribution is -0.116. The van der Waals surface area contributed by atoms with E-state index in [9.17, 15) is 13.2 Å². The molecule has 4 rings (SSSR count). The number of benzene rings is 1. The summed E-state index contributed by atoms with van der Waals surface area (Å²) < 4.78 is 30.1. The minimum atomic E-state index is -3.62. The number of hydrogen-bond donors (Lipinski definition) is 2. The van der Waals surface area contributed by atoms with E-state index in [1.165, 1.54) is 11.3 Å². The molecular formula is C21H25N5O3S3. The molecule has 3 heterocycles. The quantitative estimate of drug-likeness (QED) is 0.504. The summed E-state index contributed by atoms with van der Waals surface area (Å²) in [5.74, 6) is 0.274. The van der Waals surface area contributed by atoms with Gasteiger partial charge in [0, 0.05) is 18.8 Å². The van der Waals surface area contributed by atoms with Crippen molar-refractivity contribution < 1.29 is 13.2 Å². The summed E-state index contributed by atoms with van der Waals surface area (Å²) in [4.78, 5) is 13.9. The van der Waals surface area contributed by atoms with Crippen molar-refractivity contribution in [2.75, 3.05) is 18.4 Å². The molecule has 0 radical (unpaired) electrons. The summed E-state index contributed by atoms with van der Waals surface area (Å²) in [6, 6.07) is 8.79. The number of aryl methyl sites for hydroxylation is 1. The summed E-state index contributed by atoms with van der Waals surface area (Å²) in [6.45, 7) is 2.80. The number of hydrogen-bond acceptors (Lipinski definition) is 6. The average molecular weight is 492 g/mol. The molecule has 2 N–H and O–H groups in total. The Morgan fingerprint density at radius 2 is 1.97 bits per heavy atom. The first-order chi connectivity index (χ1) is 15.4. The molecular weight excluding hydrogens is 466 g/mol. The van der Waals surface area contributed by atoms with Crippen LogP contribution in [0.25, 0.3) is 10.7 Å². The Kier molecular flexibility index (Phi) is 6.89. The van der Waals surface area contributed by atoms with Crippen molar-refractivity contribution in [3.8, 4) is 10.7 Å². The van der Waals surface area contributed by atoms with Crippen LogP contribution in [-0.4, -0.2) is 46.5 Å². The van der Waals surface area contributed by atoms with Crippen molar-refractivity contribution in [3.05, 3.63) is 46.0 Å². The molecule has 170 valence electrons. The molecule has 8 nitrogen and oxygen atoms in total. The number of sulfonamides is 1. The largest absolute Gasteiger partial charge is 0.324 e. The minimum Gasteiger partial charge on any atom is -0.324 e. The van der Waals surface area contributed by atoms with E-state index in [0.29, 0.717) is 34.9 Å². The van der Waals surface area contributed by atoms with Crippen LogP contribution in [0.5, 0.6) is 0 Å². The summed E-state index contributed by atoms with van der Waals surface area (Å²) in [5.41, 5.74) is 1.09. The first kappa shape index (κ1) is 22.8. The first-order valence-corrected chi connectivity index (χ1v) is 13.2. The van der Waals surface area contributed by atoms with Gasteiger partial charge >= 0.3 is 0 Å². The predicted octanol–water partition coefficient (Wildman–Crippen LogP) is 4.18. The Labute approximate surface area is 196 Å². The average Bonchev–Trinajstić information content (AvgIpc) is 3.31. The number of H-pyrrole nitrogens is 1. The lowest BCUT2D eigenvalue weighted by Crippen LogP contribution is -2.32. The number of nitrogens with one attached hydrogen (secondary N) is 2. The maximum absolute atomic E-state index is 13.3. The number of aromatic nitrogens is 3. The zero-order valence-electron chi connectivity index (χ0n) is 17.7. The third-order valence-electron chi connectivity index (χ3n) is 5.46. The zero-order chi connectivity index (χ0) is 22.7. The van der Waals surface area contributed by atoms with Crippen molar-refractivity contribution in [3.63, 3.8) is 0 Å². The topological polar surface area (TPSA) is 100 Å². The van der Waals surface area contributed by atoms with Crippen LogP contribution >= 0.6 is 23.6 Å². The van der Waals surface area contributed by atoms with Gasteiger partial charge in [-0.15, -0.1) is 11.3 Å². The molecule has 0 unspecified atom stereocenters. The molecule has 1 fully saturated rings. The van der Waals surface area contributed by atoms with Gasteiger partial charge in [0.15, 0.2) is 10.6 Å². The van der Waals surface area contributed by atoms with E-state index in [2.05, 4.69) is 15.5 Å². The first-order valence-electron chi connectivity index (χ1n) is 10.5. The number of anilines is 1. The Morgan fingerprint density at radius 3 is 2.66 bits per heavy atom. The molecule has 0 aliphatic carbocycles. The molecule has 0 saturated carbocycles. The van der Waals surface area contributed by atoms with Crippen LogP contribution in [0.3, 0.4) is 0 Å². The van der Waals surface area contributed by atoms with Crippen molar-refractivity contribution in [1.82, 2.24) is 19.1 Å². The highest BCUT2D eigenvalue weighted by Crippen LogP contribution is 2.26. The Bertz CT molecular complexity index is 1250. The summed E-state index contributed by atoms with van der Waals surface area (Å²) in [7, 11) is -3.62. The minimum absolute atomic E-state index is 0.0371. The van der Waals surface area contributed by atoms with E-state index in [1.54, 1.807) is 34.0 Å².